The summed E-state index contributed by atoms with van der Waals surface area (Å²) in [4.78, 5) is 4.13. The summed E-state index contributed by atoms with van der Waals surface area (Å²) in [6.45, 7) is 3.10. The van der Waals surface area contributed by atoms with Gasteiger partial charge in [-0.1, -0.05) is 37.3 Å². The Hall–Kier alpha value is -1.61. The number of benzene rings is 1. The Balaban J connectivity index is 1.88. The van der Waals surface area contributed by atoms with Crippen molar-refractivity contribution in [2.24, 2.45) is 7.05 Å². The van der Waals surface area contributed by atoms with Crippen LogP contribution in [0.5, 0.6) is 0 Å². The SMILES string of the molecule is CCC(Cc1ccccc1)NCc1cncn1C. The summed E-state index contributed by atoms with van der Waals surface area (Å²) in [5, 5.41) is 3.60. The minimum atomic E-state index is 0.516. The summed E-state index contributed by atoms with van der Waals surface area (Å²) in [7, 11) is 2.03. The van der Waals surface area contributed by atoms with E-state index >= 15 is 0 Å². The van der Waals surface area contributed by atoms with Crippen LogP contribution in [0.3, 0.4) is 0 Å². The van der Waals surface area contributed by atoms with Crippen molar-refractivity contribution in [2.75, 3.05) is 0 Å². The van der Waals surface area contributed by atoms with E-state index < -0.39 is 0 Å². The molecule has 0 radical (unpaired) electrons. The highest BCUT2D eigenvalue weighted by atomic mass is 15.0. The standard InChI is InChI=1S/C15H21N3/c1-3-14(9-13-7-5-4-6-8-13)17-11-15-10-16-12-18(15)2/h4-8,10,12,14,17H,3,9,11H2,1-2H3. The molecule has 0 saturated heterocycles. The molecule has 0 saturated carbocycles. The van der Waals surface area contributed by atoms with Gasteiger partial charge in [0.1, 0.15) is 0 Å². The maximum absolute atomic E-state index is 4.13. The second kappa shape index (κ2) is 6.36. The van der Waals surface area contributed by atoms with Crippen molar-refractivity contribution in [3.8, 4) is 0 Å². The summed E-state index contributed by atoms with van der Waals surface area (Å²) < 4.78 is 2.06. The summed E-state index contributed by atoms with van der Waals surface area (Å²) in [5.41, 5.74) is 2.61. The maximum Gasteiger partial charge on any atom is 0.0945 e. The molecule has 0 aliphatic heterocycles. The van der Waals surface area contributed by atoms with E-state index in [-0.39, 0.29) is 0 Å². The van der Waals surface area contributed by atoms with Gasteiger partial charge in [0, 0.05) is 25.8 Å². The third-order valence-corrected chi connectivity index (χ3v) is 3.31. The number of aryl methyl sites for hydroxylation is 1. The minimum Gasteiger partial charge on any atom is -0.337 e. The Kier molecular flexibility index (Phi) is 4.53. The topological polar surface area (TPSA) is 29.9 Å². The lowest BCUT2D eigenvalue weighted by Crippen LogP contribution is -2.30. The fourth-order valence-corrected chi connectivity index (χ4v) is 2.06. The van der Waals surface area contributed by atoms with Crippen molar-refractivity contribution in [3.05, 3.63) is 54.1 Å². The van der Waals surface area contributed by atoms with Crippen LogP contribution in [0.15, 0.2) is 42.9 Å². The van der Waals surface area contributed by atoms with E-state index in [4.69, 9.17) is 0 Å². The number of nitrogens with zero attached hydrogens (tertiary/aromatic N) is 2. The van der Waals surface area contributed by atoms with E-state index in [1.165, 1.54) is 11.3 Å². The molecule has 96 valence electrons. The van der Waals surface area contributed by atoms with Crippen LogP contribution < -0.4 is 5.32 Å². The summed E-state index contributed by atoms with van der Waals surface area (Å²) in [5.74, 6) is 0. The largest absolute Gasteiger partial charge is 0.337 e. The number of aromatic nitrogens is 2. The van der Waals surface area contributed by atoms with Gasteiger partial charge in [0.2, 0.25) is 0 Å². The molecule has 18 heavy (non-hydrogen) atoms. The molecule has 1 aromatic heterocycles. The first-order valence-electron chi connectivity index (χ1n) is 6.52. The minimum absolute atomic E-state index is 0.516. The van der Waals surface area contributed by atoms with Crippen molar-refractivity contribution < 1.29 is 0 Å². The van der Waals surface area contributed by atoms with Crippen LogP contribution in [0.1, 0.15) is 24.6 Å². The van der Waals surface area contributed by atoms with Crippen LogP contribution in [-0.2, 0) is 20.0 Å². The molecule has 2 aromatic rings. The smallest absolute Gasteiger partial charge is 0.0945 e. The van der Waals surface area contributed by atoms with Gasteiger partial charge < -0.3 is 9.88 Å². The zero-order valence-corrected chi connectivity index (χ0v) is 11.1. The van der Waals surface area contributed by atoms with Crippen molar-refractivity contribution in [2.45, 2.75) is 32.4 Å². The van der Waals surface area contributed by atoms with Crippen LogP contribution in [0.4, 0.5) is 0 Å². The van der Waals surface area contributed by atoms with Gasteiger partial charge in [-0.05, 0) is 18.4 Å². The maximum atomic E-state index is 4.13. The third kappa shape index (κ3) is 3.44. The Bertz CT molecular complexity index is 462. The first-order chi connectivity index (χ1) is 8.79. The average Bonchev–Trinajstić information content (AvgIpc) is 2.81. The van der Waals surface area contributed by atoms with Gasteiger partial charge in [0.15, 0.2) is 0 Å². The molecule has 1 unspecified atom stereocenters. The van der Waals surface area contributed by atoms with Crippen LogP contribution >= 0.6 is 0 Å². The van der Waals surface area contributed by atoms with Gasteiger partial charge in [-0.2, -0.15) is 0 Å². The lowest BCUT2D eigenvalue weighted by atomic mass is 10.0. The Labute approximate surface area is 109 Å². The fourth-order valence-electron chi connectivity index (χ4n) is 2.06. The third-order valence-electron chi connectivity index (χ3n) is 3.31. The fraction of sp³-hybridized carbons (Fsp3) is 0.400. The number of hydrogen-bond acceptors (Lipinski definition) is 2. The van der Waals surface area contributed by atoms with Crippen LogP contribution in [0.25, 0.3) is 0 Å². The van der Waals surface area contributed by atoms with Crippen LogP contribution in [-0.4, -0.2) is 15.6 Å². The van der Waals surface area contributed by atoms with E-state index in [1.54, 1.807) is 0 Å². The number of nitrogens with one attached hydrogen (secondary N) is 1. The van der Waals surface area contributed by atoms with Crippen molar-refractivity contribution in [1.82, 2.24) is 14.9 Å². The molecule has 1 N–H and O–H groups in total. The Morgan fingerprint density at radius 2 is 2.06 bits per heavy atom. The zero-order chi connectivity index (χ0) is 12.8. The van der Waals surface area contributed by atoms with Gasteiger partial charge in [0.25, 0.3) is 0 Å². The molecule has 0 aliphatic rings. The highest BCUT2D eigenvalue weighted by Gasteiger charge is 2.07. The Morgan fingerprint density at radius 3 is 2.67 bits per heavy atom. The number of imidazole rings is 1. The first kappa shape index (κ1) is 12.8. The molecule has 1 heterocycles. The monoisotopic (exact) mass is 243 g/mol. The first-order valence-corrected chi connectivity index (χ1v) is 6.52. The molecule has 0 spiro atoms. The van der Waals surface area contributed by atoms with Crippen molar-refractivity contribution in [3.63, 3.8) is 0 Å². The van der Waals surface area contributed by atoms with E-state index in [9.17, 15) is 0 Å². The molecule has 3 nitrogen and oxygen atoms in total. The summed E-state index contributed by atoms with van der Waals surface area (Å²) in [6.07, 6.45) is 5.97. The van der Waals surface area contributed by atoms with Crippen molar-refractivity contribution in [1.29, 1.82) is 0 Å². The van der Waals surface area contributed by atoms with Gasteiger partial charge >= 0.3 is 0 Å². The number of rotatable bonds is 6. The predicted molar refractivity (Wildman–Crippen MR) is 74.3 cm³/mol. The molecule has 0 bridgehead atoms. The normalized spacial score (nSPS) is 12.6. The molecule has 1 atom stereocenters. The zero-order valence-electron chi connectivity index (χ0n) is 11.1. The van der Waals surface area contributed by atoms with Gasteiger partial charge in [0.05, 0.1) is 12.0 Å². The quantitative estimate of drug-likeness (QED) is 0.845. The van der Waals surface area contributed by atoms with Crippen molar-refractivity contribution >= 4 is 0 Å². The molecule has 0 aliphatic carbocycles. The van der Waals surface area contributed by atoms with E-state index in [1.807, 2.05) is 19.6 Å². The average molecular weight is 243 g/mol. The highest BCUT2D eigenvalue weighted by molar-refractivity contribution is 5.15. The van der Waals surface area contributed by atoms with E-state index in [2.05, 4.69) is 52.1 Å². The second-order valence-electron chi connectivity index (χ2n) is 4.67. The molecule has 1 aromatic carbocycles. The number of hydrogen-bond donors (Lipinski definition) is 1. The molecular formula is C15H21N3. The predicted octanol–water partition coefficient (Wildman–Crippen LogP) is 2.53. The molecule has 0 amide bonds. The molecule has 2 rings (SSSR count). The van der Waals surface area contributed by atoms with Crippen LogP contribution in [0.2, 0.25) is 0 Å². The lowest BCUT2D eigenvalue weighted by molar-refractivity contribution is 0.485. The van der Waals surface area contributed by atoms with E-state index in [0.29, 0.717) is 6.04 Å². The molecule has 3 heteroatoms. The second-order valence-corrected chi connectivity index (χ2v) is 4.67. The van der Waals surface area contributed by atoms with Gasteiger partial charge in [-0.25, -0.2) is 4.98 Å². The van der Waals surface area contributed by atoms with Gasteiger partial charge in [-0.3, -0.25) is 0 Å². The summed E-state index contributed by atoms with van der Waals surface area (Å²) >= 11 is 0. The molecular weight excluding hydrogens is 222 g/mol. The molecule has 0 fully saturated rings. The van der Waals surface area contributed by atoms with E-state index in [0.717, 1.165) is 19.4 Å². The van der Waals surface area contributed by atoms with Crippen LogP contribution in [0, 0.1) is 0 Å². The summed E-state index contributed by atoms with van der Waals surface area (Å²) in [6, 6.07) is 11.2. The Morgan fingerprint density at radius 1 is 1.28 bits per heavy atom. The lowest BCUT2D eigenvalue weighted by Gasteiger charge is -2.17. The van der Waals surface area contributed by atoms with Gasteiger partial charge in [-0.15, -0.1) is 0 Å². The highest BCUT2D eigenvalue weighted by Crippen LogP contribution is 2.06.